The highest BCUT2D eigenvalue weighted by Gasteiger charge is 2.19. The van der Waals surface area contributed by atoms with Crippen LogP contribution in [0.1, 0.15) is 13.0 Å². The molecule has 0 unspecified atom stereocenters. The first kappa shape index (κ1) is 19.4. The minimum Gasteiger partial charge on any atom is -0.324 e. The van der Waals surface area contributed by atoms with Gasteiger partial charge >= 0.3 is 0 Å². The second-order valence-electron chi connectivity index (χ2n) is 6.87. The number of nitrogens with zero attached hydrogens (tertiary/aromatic N) is 4. The molecule has 4 rings (SSSR count). The molecule has 152 valence electrons. The number of anilines is 1. The normalized spacial score (nSPS) is 12.1. The molecule has 0 spiro atoms. The van der Waals surface area contributed by atoms with Crippen LogP contribution >= 0.6 is 0 Å². The standard InChI is InChI=1S/C21H17F2N5O2/c1-12(28-21(30)16-10-18(23)17(22)9-14(16)11-24-28)20(29)25-15-5-3-13(4-6-15)19-7-8-27(2)26-19/h3-12H,1-2H3,(H,25,29)/t12-/m1/s1. The van der Waals surface area contributed by atoms with Gasteiger partial charge in [-0.15, -0.1) is 0 Å². The van der Waals surface area contributed by atoms with Gasteiger partial charge in [0.25, 0.3) is 5.56 Å². The van der Waals surface area contributed by atoms with Gasteiger partial charge in [0.15, 0.2) is 11.6 Å². The summed E-state index contributed by atoms with van der Waals surface area (Å²) in [7, 11) is 1.83. The van der Waals surface area contributed by atoms with Crippen LogP contribution in [0.4, 0.5) is 14.5 Å². The molecule has 0 radical (unpaired) electrons. The van der Waals surface area contributed by atoms with E-state index >= 15 is 0 Å². The summed E-state index contributed by atoms with van der Waals surface area (Å²) in [6, 6.07) is 9.71. The average molecular weight is 409 g/mol. The van der Waals surface area contributed by atoms with Crippen LogP contribution in [-0.4, -0.2) is 25.5 Å². The molecule has 1 amide bonds. The number of halogens is 2. The molecule has 2 heterocycles. The molecule has 0 aliphatic rings. The number of amides is 1. The third kappa shape index (κ3) is 3.57. The first-order valence-corrected chi connectivity index (χ1v) is 9.11. The second kappa shape index (κ2) is 7.51. The summed E-state index contributed by atoms with van der Waals surface area (Å²) < 4.78 is 29.5. The van der Waals surface area contributed by atoms with E-state index in [1.165, 1.54) is 13.1 Å². The summed E-state index contributed by atoms with van der Waals surface area (Å²) in [6.07, 6.45) is 3.06. The molecule has 0 aliphatic heterocycles. The SMILES string of the molecule is C[C@H](C(=O)Nc1ccc(-c2ccn(C)n2)cc1)n1ncc2cc(F)c(F)cc2c1=O. The monoisotopic (exact) mass is 409 g/mol. The van der Waals surface area contributed by atoms with Crippen LogP contribution in [0.3, 0.4) is 0 Å². The summed E-state index contributed by atoms with van der Waals surface area (Å²) in [5.74, 6) is -2.68. The van der Waals surface area contributed by atoms with Gasteiger partial charge in [-0.25, -0.2) is 13.5 Å². The lowest BCUT2D eigenvalue weighted by molar-refractivity contribution is -0.119. The molecular formula is C21H17F2N5O2. The Hall–Kier alpha value is -3.88. The van der Waals surface area contributed by atoms with Crippen LogP contribution in [0, 0.1) is 11.6 Å². The number of fused-ring (bicyclic) bond motifs is 1. The number of nitrogens with one attached hydrogen (secondary N) is 1. The summed E-state index contributed by atoms with van der Waals surface area (Å²) in [4.78, 5) is 25.2. The molecule has 7 nitrogen and oxygen atoms in total. The lowest BCUT2D eigenvalue weighted by atomic mass is 10.1. The van der Waals surface area contributed by atoms with Crippen molar-refractivity contribution in [3.05, 3.63) is 76.8 Å². The average Bonchev–Trinajstić information content (AvgIpc) is 3.16. The molecule has 1 N–H and O–H groups in total. The van der Waals surface area contributed by atoms with Crippen molar-refractivity contribution in [2.75, 3.05) is 5.32 Å². The molecule has 0 bridgehead atoms. The Balaban J connectivity index is 1.56. The van der Waals surface area contributed by atoms with E-state index in [-0.39, 0.29) is 10.8 Å². The highest BCUT2D eigenvalue weighted by molar-refractivity contribution is 5.93. The number of carbonyl (C=O) groups excluding carboxylic acids is 1. The second-order valence-corrected chi connectivity index (χ2v) is 6.87. The molecule has 9 heteroatoms. The van der Waals surface area contributed by atoms with Crippen molar-refractivity contribution in [1.29, 1.82) is 0 Å². The molecule has 30 heavy (non-hydrogen) atoms. The number of carbonyl (C=O) groups is 1. The first-order chi connectivity index (χ1) is 14.3. The van der Waals surface area contributed by atoms with E-state index in [1.807, 2.05) is 31.4 Å². The van der Waals surface area contributed by atoms with E-state index < -0.39 is 29.1 Å². The van der Waals surface area contributed by atoms with Crippen LogP contribution in [-0.2, 0) is 11.8 Å². The molecule has 0 saturated carbocycles. The van der Waals surface area contributed by atoms with Gasteiger partial charge in [-0.2, -0.15) is 10.2 Å². The van der Waals surface area contributed by atoms with Crippen LogP contribution in [0.25, 0.3) is 22.0 Å². The maximum absolute atomic E-state index is 13.5. The van der Waals surface area contributed by atoms with Crippen LogP contribution in [0.15, 0.2) is 59.7 Å². The molecule has 4 aromatic rings. The minimum atomic E-state index is -1.14. The van der Waals surface area contributed by atoms with E-state index in [2.05, 4.69) is 15.5 Å². The quantitative estimate of drug-likeness (QED) is 0.561. The molecule has 0 aliphatic carbocycles. The highest BCUT2D eigenvalue weighted by atomic mass is 19.2. The van der Waals surface area contributed by atoms with Crippen molar-refractivity contribution in [3.63, 3.8) is 0 Å². The number of hydrogen-bond donors (Lipinski definition) is 1. The Morgan fingerprint density at radius 2 is 1.80 bits per heavy atom. The molecule has 1 atom stereocenters. The number of rotatable bonds is 4. The summed E-state index contributed by atoms with van der Waals surface area (Å²) in [6.45, 7) is 1.50. The smallest absolute Gasteiger partial charge is 0.275 e. The summed E-state index contributed by atoms with van der Waals surface area (Å²) >= 11 is 0. The predicted octanol–water partition coefficient (Wildman–Crippen LogP) is 3.27. The van der Waals surface area contributed by atoms with Crippen LogP contribution in [0.5, 0.6) is 0 Å². The van der Waals surface area contributed by atoms with Crippen molar-refractivity contribution in [2.45, 2.75) is 13.0 Å². The van der Waals surface area contributed by atoms with Gasteiger partial charge in [0.2, 0.25) is 5.91 Å². The maximum atomic E-state index is 13.5. The van der Waals surface area contributed by atoms with Gasteiger partial charge in [-0.05, 0) is 37.3 Å². The van der Waals surface area contributed by atoms with E-state index in [4.69, 9.17) is 0 Å². The Labute approximate surface area is 169 Å². The molecule has 0 fully saturated rings. The predicted molar refractivity (Wildman–Crippen MR) is 108 cm³/mol. The summed E-state index contributed by atoms with van der Waals surface area (Å²) in [5, 5.41) is 11.1. The maximum Gasteiger partial charge on any atom is 0.275 e. The van der Waals surface area contributed by atoms with Crippen LogP contribution in [0.2, 0.25) is 0 Å². The Morgan fingerprint density at radius 1 is 1.10 bits per heavy atom. The van der Waals surface area contributed by atoms with E-state index in [9.17, 15) is 18.4 Å². The lowest BCUT2D eigenvalue weighted by Crippen LogP contribution is -2.33. The van der Waals surface area contributed by atoms with Gasteiger partial charge in [0.1, 0.15) is 6.04 Å². The largest absolute Gasteiger partial charge is 0.324 e. The van der Waals surface area contributed by atoms with Gasteiger partial charge in [-0.1, -0.05) is 12.1 Å². The van der Waals surface area contributed by atoms with Crippen molar-refractivity contribution >= 4 is 22.4 Å². The van der Waals surface area contributed by atoms with Crippen molar-refractivity contribution in [3.8, 4) is 11.3 Å². The third-order valence-electron chi connectivity index (χ3n) is 4.76. The first-order valence-electron chi connectivity index (χ1n) is 9.11. The fourth-order valence-electron chi connectivity index (χ4n) is 3.08. The Kier molecular flexibility index (Phi) is 4.86. The Morgan fingerprint density at radius 3 is 2.47 bits per heavy atom. The summed E-state index contributed by atoms with van der Waals surface area (Å²) in [5.41, 5.74) is 1.55. The highest BCUT2D eigenvalue weighted by Crippen LogP contribution is 2.20. The minimum absolute atomic E-state index is 0.0525. The fourth-order valence-corrected chi connectivity index (χ4v) is 3.08. The van der Waals surface area contributed by atoms with Crippen molar-refractivity contribution < 1.29 is 13.6 Å². The number of aromatic nitrogens is 4. The molecule has 2 aromatic heterocycles. The zero-order valence-corrected chi connectivity index (χ0v) is 16.1. The zero-order chi connectivity index (χ0) is 21.4. The van der Waals surface area contributed by atoms with Gasteiger partial charge < -0.3 is 5.32 Å². The third-order valence-corrected chi connectivity index (χ3v) is 4.76. The van der Waals surface area contributed by atoms with E-state index in [0.29, 0.717) is 5.69 Å². The molecular weight excluding hydrogens is 392 g/mol. The van der Waals surface area contributed by atoms with Gasteiger partial charge in [-0.3, -0.25) is 14.3 Å². The number of hydrogen-bond acceptors (Lipinski definition) is 4. The van der Waals surface area contributed by atoms with Crippen molar-refractivity contribution in [1.82, 2.24) is 19.6 Å². The Bertz CT molecular complexity index is 1310. The lowest BCUT2D eigenvalue weighted by Gasteiger charge is -2.15. The molecule has 2 aromatic carbocycles. The van der Waals surface area contributed by atoms with E-state index in [1.54, 1.807) is 16.8 Å². The number of benzene rings is 2. The zero-order valence-electron chi connectivity index (χ0n) is 16.1. The fraction of sp³-hybridized carbons (Fsp3) is 0.143. The number of aryl methyl sites for hydroxylation is 1. The topological polar surface area (TPSA) is 81.8 Å². The van der Waals surface area contributed by atoms with Crippen LogP contribution < -0.4 is 10.9 Å². The van der Waals surface area contributed by atoms with Crippen molar-refractivity contribution in [2.24, 2.45) is 7.05 Å². The van der Waals surface area contributed by atoms with E-state index in [0.717, 1.165) is 28.1 Å². The van der Waals surface area contributed by atoms with Gasteiger partial charge in [0.05, 0.1) is 17.3 Å². The molecule has 0 saturated heterocycles. The van der Waals surface area contributed by atoms with Gasteiger partial charge in [0, 0.05) is 29.9 Å².